The smallest absolute Gasteiger partial charge is 0.322 e. The summed E-state index contributed by atoms with van der Waals surface area (Å²) in [6, 6.07) is 17.2. The Bertz CT molecular complexity index is 1610. The van der Waals surface area contributed by atoms with Gasteiger partial charge in [0.1, 0.15) is 11.5 Å². The van der Waals surface area contributed by atoms with Gasteiger partial charge >= 0.3 is 6.03 Å². The summed E-state index contributed by atoms with van der Waals surface area (Å²) in [7, 11) is 3.12. The lowest BCUT2D eigenvalue weighted by atomic mass is 10.1. The number of benzene rings is 3. The fraction of sp³-hybridized carbons (Fsp3) is 0.207. The van der Waals surface area contributed by atoms with Gasteiger partial charge in [0.05, 0.1) is 37.7 Å². The quantitative estimate of drug-likeness (QED) is 0.347. The van der Waals surface area contributed by atoms with Crippen LogP contribution in [0.2, 0.25) is 0 Å². The van der Waals surface area contributed by atoms with Gasteiger partial charge in [0.15, 0.2) is 11.6 Å². The predicted octanol–water partition coefficient (Wildman–Crippen LogP) is 4.73. The zero-order valence-electron chi connectivity index (χ0n) is 21.9. The van der Waals surface area contributed by atoms with Crippen LogP contribution in [0.3, 0.4) is 0 Å². The van der Waals surface area contributed by atoms with Gasteiger partial charge in [-0.1, -0.05) is 24.3 Å². The maximum atomic E-state index is 14.0. The standard InChI is InChI=1S/C29H27F2N5O4/c1-39-20-10-7-18(8-11-20)16-32-28-34-24-13-14-35(29(38)33-19-9-12-22(30)23(31)15-19)17-21(24)27(37)36(28)25-5-3-4-6-26(25)40-2/h3-12,15H,13-14,16-17H2,1-2H3,(H,32,34)(H,33,38). The summed E-state index contributed by atoms with van der Waals surface area (Å²) in [5, 5.41) is 5.84. The average molecular weight is 548 g/mol. The van der Waals surface area contributed by atoms with Gasteiger partial charge in [-0.3, -0.25) is 4.79 Å². The largest absolute Gasteiger partial charge is 0.497 e. The van der Waals surface area contributed by atoms with Gasteiger partial charge in [-0.25, -0.2) is 23.1 Å². The first-order valence-electron chi connectivity index (χ1n) is 12.5. The molecule has 206 valence electrons. The van der Waals surface area contributed by atoms with Gasteiger partial charge in [-0.15, -0.1) is 0 Å². The molecule has 0 bridgehead atoms. The molecule has 9 nitrogen and oxygen atoms in total. The third kappa shape index (κ3) is 5.44. The molecule has 0 atom stereocenters. The Morgan fingerprint density at radius 3 is 2.50 bits per heavy atom. The van der Waals surface area contributed by atoms with Crippen LogP contribution in [0.1, 0.15) is 16.8 Å². The normalized spacial score (nSPS) is 12.4. The van der Waals surface area contributed by atoms with E-state index in [-0.39, 0.29) is 24.3 Å². The van der Waals surface area contributed by atoms with E-state index in [1.54, 1.807) is 31.4 Å². The first kappa shape index (κ1) is 26.7. The van der Waals surface area contributed by atoms with E-state index in [1.165, 1.54) is 22.6 Å². The zero-order valence-corrected chi connectivity index (χ0v) is 21.9. The molecule has 0 saturated heterocycles. The monoisotopic (exact) mass is 547 g/mol. The van der Waals surface area contributed by atoms with Gasteiger partial charge in [0.2, 0.25) is 5.95 Å². The van der Waals surface area contributed by atoms with Gasteiger partial charge in [0.25, 0.3) is 5.56 Å². The second-order valence-corrected chi connectivity index (χ2v) is 9.11. The number of nitrogens with one attached hydrogen (secondary N) is 2. The molecule has 1 aliphatic rings. The highest BCUT2D eigenvalue weighted by atomic mass is 19.2. The second kappa shape index (κ2) is 11.4. The summed E-state index contributed by atoms with van der Waals surface area (Å²) in [5.41, 5.74) is 2.14. The summed E-state index contributed by atoms with van der Waals surface area (Å²) >= 11 is 0. The number of hydrogen-bond acceptors (Lipinski definition) is 6. The fourth-order valence-corrected chi connectivity index (χ4v) is 4.51. The summed E-state index contributed by atoms with van der Waals surface area (Å²) in [5.74, 6) is -0.532. The van der Waals surface area contributed by atoms with E-state index in [2.05, 4.69) is 10.6 Å². The molecule has 1 aliphatic heterocycles. The minimum Gasteiger partial charge on any atom is -0.497 e. The molecule has 5 rings (SSSR count). The van der Waals surface area contributed by atoms with Crippen molar-refractivity contribution >= 4 is 17.7 Å². The molecule has 1 aromatic heterocycles. The Labute approximate surface area is 229 Å². The van der Waals surface area contributed by atoms with Gasteiger partial charge in [-0.2, -0.15) is 0 Å². The highest BCUT2D eigenvalue weighted by Gasteiger charge is 2.27. The number of hydrogen-bond donors (Lipinski definition) is 2. The Balaban J connectivity index is 1.47. The molecule has 11 heteroatoms. The molecule has 0 fully saturated rings. The highest BCUT2D eigenvalue weighted by Crippen LogP contribution is 2.26. The van der Waals surface area contributed by atoms with E-state index < -0.39 is 17.7 Å². The number of nitrogens with zero attached hydrogens (tertiary/aromatic N) is 3. The van der Waals surface area contributed by atoms with Crippen molar-refractivity contribution in [3.63, 3.8) is 0 Å². The Morgan fingerprint density at radius 2 is 1.77 bits per heavy atom. The Morgan fingerprint density at radius 1 is 1.00 bits per heavy atom. The number of para-hydroxylation sites is 2. The molecule has 0 saturated carbocycles. The molecule has 2 amide bonds. The van der Waals surface area contributed by atoms with Crippen LogP contribution in [0.25, 0.3) is 5.69 Å². The van der Waals surface area contributed by atoms with Crippen LogP contribution in [-0.2, 0) is 19.5 Å². The fourth-order valence-electron chi connectivity index (χ4n) is 4.51. The number of halogens is 2. The van der Waals surface area contributed by atoms with E-state index in [4.69, 9.17) is 14.5 Å². The summed E-state index contributed by atoms with van der Waals surface area (Å²) < 4.78 is 39.1. The Hall–Kier alpha value is -4.93. The van der Waals surface area contributed by atoms with Crippen molar-refractivity contribution in [3.8, 4) is 17.2 Å². The first-order valence-corrected chi connectivity index (χ1v) is 12.5. The number of anilines is 2. The molecular weight excluding hydrogens is 520 g/mol. The lowest BCUT2D eigenvalue weighted by molar-refractivity contribution is 0.205. The minimum absolute atomic E-state index is 0.00934. The summed E-state index contributed by atoms with van der Waals surface area (Å²) in [6.07, 6.45) is 0.333. The topological polar surface area (TPSA) is 97.7 Å². The number of methoxy groups -OCH3 is 2. The number of urea groups is 1. The zero-order chi connectivity index (χ0) is 28.2. The molecule has 0 radical (unpaired) electrons. The van der Waals surface area contributed by atoms with Crippen LogP contribution in [-0.4, -0.2) is 41.2 Å². The molecule has 0 unspecified atom stereocenters. The molecule has 4 aromatic rings. The molecule has 2 N–H and O–H groups in total. The molecular formula is C29H27F2N5O4. The number of carbonyl (C=O) groups is 1. The van der Waals surface area contributed by atoms with Crippen LogP contribution < -0.4 is 25.7 Å². The van der Waals surface area contributed by atoms with Gasteiger partial charge < -0.3 is 25.0 Å². The van der Waals surface area contributed by atoms with E-state index in [0.717, 1.165) is 23.4 Å². The molecule has 0 spiro atoms. The summed E-state index contributed by atoms with van der Waals surface area (Å²) in [4.78, 5) is 33.1. The molecule has 0 aliphatic carbocycles. The van der Waals surface area contributed by atoms with Crippen molar-refractivity contribution in [1.82, 2.24) is 14.5 Å². The van der Waals surface area contributed by atoms with Crippen molar-refractivity contribution in [1.29, 1.82) is 0 Å². The maximum Gasteiger partial charge on any atom is 0.322 e. The van der Waals surface area contributed by atoms with Crippen molar-refractivity contribution in [2.75, 3.05) is 31.4 Å². The average Bonchev–Trinajstić information content (AvgIpc) is 2.98. The van der Waals surface area contributed by atoms with Crippen LogP contribution >= 0.6 is 0 Å². The van der Waals surface area contributed by atoms with Gasteiger partial charge in [-0.05, 0) is 42.0 Å². The number of aromatic nitrogens is 2. The summed E-state index contributed by atoms with van der Waals surface area (Å²) in [6.45, 7) is 0.670. The minimum atomic E-state index is -1.07. The molecule has 3 aromatic carbocycles. The Kier molecular flexibility index (Phi) is 7.63. The van der Waals surface area contributed by atoms with Crippen molar-refractivity contribution in [3.05, 3.63) is 106 Å². The van der Waals surface area contributed by atoms with Crippen LogP contribution in [0, 0.1) is 11.6 Å². The van der Waals surface area contributed by atoms with E-state index in [9.17, 15) is 18.4 Å². The second-order valence-electron chi connectivity index (χ2n) is 9.11. The van der Waals surface area contributed by atoms with E-state index in [0.29, 0.717) is 41.6 Å². The third-order valence-electron chi connectivity index (χ3n) is 6.62. The number of carbonyl (C=O) groups excluding carboxylic acids is 1. The maximum absolute atomic E-state index is 14.0. The van der Waals surface area contributed by atoms with Crippen LogP contribution in [0.5, 0.6) is 11.5 Å². The SMILES string of the molecule is COc1ccc(CNc2nc3c(c(=O)n2-c2ccccc2OC)CN(C(=O)Nc2ccc(F)c(F)c2)CC3)cc1. The number of fused-ring (bicyclic) bond motifs is 1. The first-order chi connectivity index (χ1) is 19.4. The highest BCUT2D eigenvalue weighted by molar-refractivity contribution is 5.89. The molecule has 40 heavy (non-hydrogen) atoms. The van der Waals surface area contributed by atoms with Crippen molar-refractivity contribution in [2.45, 2.75) is 19.5 Å². The van der Waals surface area contributed by atoms with E-state index in [1.807, 2.05) is 24.3 Å². The van der Waals surface area contributed by atoms with E-state index >= 15 is 0 Å². The number of ether oxygens (including phenoxy) is 2. The third-order valence-corrected chi connectivity index (χ3v) is 6.62. The lowest BCUT2D eigenvalue weighted by Gasteiger charge is -2.29. The van der Waals surface area contributed by atoms with Crippen LogP contribution in [0.15, 0.2) is 71.5 Å². The van der Waals surface area contributed by atoms with Crippen molar-refractivity contribution in [2.24, 2.45) is 0 Å². The molecule has 2 heterocycles. The number of amides is 2. The number of rotatable bonds is 7. The van der Waals surface area contributed by atoms with Crippen molar-refractivity contribution < 1.29 is 23.0 Å². The van der Waals surface area contributed by atoms with Crippen LogP contribution in [0.4, 0.5) is 25.2 Å². The van der Waals surface area contributed by atoms with Gasteiger partial charge in [0, 0.05) is 31.3 Å². The lowest BCUT2D eigenvalue weighted by Crippen LogP contribution is -2.43. The predicted molar refractivity (Wildman–Crippen MR) is 146 cm³/mol.